The molecule has 3 nitrogen and oxygen atoms in total. The number of carbonyl (C=O) groups is 1. The summed E-state index contributed by atoms with van der Waals surface area (Å²) in [7, 11) is 0. The molecule has 0 fully saturated rings. The van der Waals surface area contributed by atoms with Gasteiger partial charge in [-0.05, 0) is 6.92 Å². The van der Waals surface area contributed by atoms with Crippen molar-refractivity contribution in [3.63, 3.8) is 0 Å². The standard InChI is InChI=1S/C7H8NO2/c1-6(2)7(10)8-4-3-5-9/h3-4H,1H2,2H3,(H,8,10). The summed E-state index contributed by atoms with van der Waals surface area (Å²) in [5.74, 6) is -0.300. The molecule has 0 aromatic carbocycles. The van der Waals surface area contributed by atoms with Gasteiger partial charge in [-0.1, -0.05) is 6.58 Å². The highest BCUT2D eigenvalue weighted by Gasteiger charge is 1.94. The fourth-order valence-electron chi connectivity index (χ4n) is 0.275. The molecule has 0 unspecified atom stereocenters. The van der Waals surface area contributed by atoms with E-state index >= 15 is 0 Å². The Balaban J connectivity index is 3.70. The van der Waals surface area contributed by atoms with Crippen molar-refractivity contribution in [2.75, 3.05) is 0 Å². The zero-order valence-corrected chi connectivity index (χ0v) is 5.68. The van der Waals surface area contributed by atoms with Crippen LogP contribution in [0.2, 0.25) is 0 Å². The van der Waals surface area contributed by atoms with Crippen molar-refractivity contribution in [1.29, 1.82) is 0 Å². The number of amides is 1. The lowest BCUT2D eigenvalue weighted by Gasteiger charge is -1.94. The summed E-state index contributed by atoms with van der Waals surface area (Å²) in [6.07, 6.45) is 3.77. The van der Waals surface area contributed by atoms with Gasteiger partial charge in [0, 0.05) is 17.8 Å². The van der Waals surface area contributed by atoms with Gasteiger partial charge < -0.3 is 5.32 Å². The molecule has 0 heterocycles. The monoisotopic (exact) mass is 138 g/mol. The van der Waals surface area contributed by atoms with Gasteiger partial charge in [-0.3, -0.25) is 9.59 Å². The third kappa shape index (κ3) is 3.60. The predicted octanol–water partition coefficient (Wildman–Crippen LogP) is 0.302. The van der Waals surface area contributed by atoms with Crippen LogP contribution in [0, 0.1) is 0 Å². The maximum Gasteiger partial charge on any atom is 0.250 e. The zero-order valence-electron chi connectivity index (χ0n) is 5.68. The molecule has 1 radical (unpaired) electrons. The normalized spacial score (nSPS) is 9.30. The van der Waals surface area contributed by atoms with Crippen molar-refractivity contribution in [2.24, 2.45) is 0 Å². The van der Waals surface area contributed by atoms with Crippen LogP contribution in [0.15, 0.2) is 24.4 Å². The summed E-state index contributed by atoms with van der Waals surface area (Å²) < 4.78 is 0. The molecule has 1 N–H and O–H groups in total. The van der Waals surface area contributed by atoms with Gasteiger partial charge in [-0.15, -0.1) is 0 Å². The molecule has 0 spiro atoms. The minimum Gasteiger partial charge on any atom is -0.329 e. The quantitative estimate of drug-likeness (QED) is 0.570. The zero-order chi connectivity index (χ0) is 7.98. The molecule has 53 valence electrons. The van der Waals surface area contributed by atoms with Crippen molar-refractivity contribution >= 4 is 12.2 Å². The van der Waals surface area contributed by atoms with Crippen molar-refractivity contribution in [3.8, 4) is 0 Å². The van der Waals surface area contributed by atoms with Gasteiger partial charge in [-0.2, -0.15) is 0 Å². The van der Waals surface area contributed by atoms with Crippen molar-refractivity contribution in [2.45, 2.75) is 6.92 Å². The molecular formula is C7H8NO2. The van der Waals surface area contributed by atoms with E-state index in [9.17, 15) is 9.59 Å². The van der Waals surface area contributed by atoms with E-state index in [4.69, 9.17) is 0 Å². The molecule has 0 rings (SSSR count). The maximum absolute atomic E-state index is 10.6. The second-order valence-corrected chi connectivity index (χ2v) is 1.70. The summed E-state index contributed by atoms with van der Waals surface area (Å²) in [5.41, 5.74) is 0.399. The van der Waals surface area contributed by atoms with Gasteiger partial charge in [0.15, 0.2) is 0 Å². The highest BCUT2D eigenvalue weighted by atomic mass is 16.1. The van der Waals surface area contributed by atoms with Crippen molar-refractivity contribution in [3.05, 3.63) is 24.4 Å². The van der Waals surface area contributed by atoms with E-state index in [-0.39, 0.29) is 5.91 Å². The number of hydrogen-bond acceptors (Lipinski definition) is 2. The van der Waals surface area contributed by atoms with Crippen LogP contribution >= 0.6 is 0 Å². The number of rotatable bonds is 3. The molecule has 0 atom stereocenters. The second kappa shape index (κ2) is 4.49. The van der Waals surface area contributed by atoms with Crippen LogP contribution in [0.3, 0.4) is 0 Å². The first-order chi connectivity index (χ1) is 4.68. The Bertz CT molecular complexity index is 182. The van der Waals surface area contributed by atoms with Crippen LogP contribution in [0.5, 0.6) is 0 Å². The molecule has 0 aliphatic carbocycles. The van der Waals surface area contributed by atoms with Gasteiger partial charge in [0.1, 0.15) is 0 Å². The van der Waals surface area contributed by atoms with E-state index in [0.717, 1.165) is 6.08 Å². The van der Waals surface area contributed by atoms with E-state index in [1.807, 2.05) is 0 Å². The lowest BCUT2D eigenvalue weighted by atomic mass is 10.3. The molecule has 0 bridgehead atoms. The fourth-order valence-corrected chi connectivity index (χ4v) is 0.275. The van der Waals surface area contributed by atoms with E-state index in [2.05, 4.69) is 11.9 Å². The van der Waals surface area contributed by atoms with Crippen LogP contribution in [0.25, 0.3) is 0 Å². The largest absolute Gasteiger partial charge is 0.329 e. The van der Waals surface area contributed by atoms with E-state index in [0.29, 0.717) is 5.57 Å². The molecule has 0 aromatic heterocycles. The maximum atomic E-state index is 10.6. The topological polar surface area (TPSA) is 46.2 Å². The number of hydrogen-bond donors (Lipinski definition) is 1. The molecule has 10 heavy (non-hydrogen) atoms. The first-order valence-electron chi connectivity index (χ1n) is 2.67. The third-order valence-electron chi connectivity index (χ3n) is 0.753. The Morgan fingerprint density at radius 2 is 2.30 bits per heavy atom. The van der Waals surface area contributed by atoms with Crippen LogP contribution in [-0.2, 0) is 9.59 Å². The van der Waals surface area contributed by atoms with Gasteiger partial charge in [0.25, 0.3) is 0 Å². The molecule has 0 saturated carbocycles. The molecule has 0 aliphatic heterocycles. The number of allylic oxidation sites excluding steroid dienone is 1. The van der Waals surface area contributed by atoms with E-state index in [1.165, 1.54) is 12.5 Å². The average molecular weight is 138 g/mol. The van der Waals surface area contributed by atoms with Crippen LogP contribution in [-0.4, -0.2) is 12.2 Å². The Morgan fingerprint density at radius 1 is 1.70 bits per heavy atom. The van der Waals surface area contributed by atoms with Gasteiger partial charge in [0.05, 0.1) is 0 Å². The van der Waals surface area contributed by atoms with E-state index < -0.39 is 0 Å². The molecule has 0 aliphatic rings. The lowest BCUT2D eigenvalue weighted by Crippen LogP contribution is -2.16. The highest BCUT2D eigenvalue weighted by Crippen LogP contribution is 1.83. The fraction of sp³-hybridized carbons (Fsp3) is 0.143. The van der Waals surface area contributed by atoms with Crippen LogP contribution < -0.4 is 5.32 Å². The number of nitrogens with one attached hydrogen (secondary N) is 1. The summed E-state index contributed by atoms with van der Waals surface area (Å²) >= 11 is 0. The predicted molar refractivity (Wildman–Crippen MR) is 37.8 cm³/mol. The number of carbonyl (C=O) groups excluding carboxylic acids is 2. The minimum absolute atomic E-state index is 0.300. The molecule has 0 saturated heterocycles. The first-order valence-corrected chi connectivity index (χ1v) is 2.67. The molecular weight excluding hydrogens is 130 g/mol. The molecule has 0 aromatic rings. The SMILES string of the molecule is C=C(C)C(=O)NC=C[C]=O. The lowest BCUT2D eigenvalue weighted by molar-refractivity contribution is -0.116. The van der Waals surface area contributed by atoms with Crippen molar-refractivity contribution in [1.82, 2.24) is 5.32 Å². The van der Waals surface area contributed by atoms with Crippen LogP contribution in [0.1, 0.15) is 6.92 Å². The van der Waals surface area contributed by atoms with Gasteiger partial charge >= 0.3 is 0 Å². The summed E-state index contributed by atoms with van der Waals surface area (Å²) in [6.45, 7) is 4.97. The molecule has 1 amide bonds. The average Bonchev–Trinajstić information content (AvgIpc) is 1.88. The van der Waals surface area contributed by atoms with Crippen LogP contribution in [0.4, 0.5) is 0 Å². The minimum atomic E-state index is -0.300. The highest BCUT2D eigenvalue weighted by molar-refractivity contribution is 5.93. The van der Waals surface area contributed by atoms with Gasteiger partial charge in [-0.25, -0.2) is 0 Å². The van der Waals surface area contributed by atoms with E-state index in [1.54, 1.807) is 6.92 Å². The Labute approximate surface area is 59.4 Å². The van der Waals surface area contributed by atoms with Gasteiger partial charge in [0.2, 0.25) is 12.2 Å². The smallest absolute Gasteiger partial charge is 0.250 e. The summed E-state index contributed by atoms with van der Waals surface area (Å²) in [6, 6.07) is 0. The Hall–Kier alpha value is -1.38. The first kappa shape index (κ1) is 8.62. The van der Waals surface area contributed by atoms with Crippen molar-refractivity contribution < 1.29 is 9.59 Å². The molecule has 3 heteroatoms. The Kier molecular flexibility index (Phi) is 3.87. The third-order valence-corrected chi connectivity index (χ3v) is 0.753. The summed E-state index contributed by atoms with van der Waals surface area (Å²) in [4.78, 5) is 20.2. The Morgan fingerprint density at radius 3 is 2.70 bits per heavy atom. The second-order valence-electron chi connectivity index (χ2n) is 1.70. The summed E-state index contributed by atoms with van der Waals surface area (Å²) in [5, 5.41) is 2.30.